The summed E-state index contributed by atoms with van der Waals surface area (Å²) in [5, 5.41) is 10.6. The van der Waals surface area contributed by atoms with Crippen LogP contribution in [0.3, 0.4) is 0 Å². The molecule has 2 N–H and O–H groups in total. The molecule has 8 atom stereocenters. The first-order valence-electron chi connectivity index (χ1n) is 43.2. The average Bonchev–Trinajstić information content (AvgIpc) is 0.731. The summed E-state index contributed by atoms with van der Waals surface area (Å²) in [5.74, 6) is -12.8. The molecule has 0 aliphatic heterocycles. The number of ether oxygens (including phenoxy) is 5. The van der Waals surface area contributed by atoms with Gasteiger partial charge < -0.3 is 43.0 Å². The van der Waals surface area contributed by atoms with Crippen LogP contribution in [0.5, 0.6) is 11.5 Å². The lowest BCUT2D eigenvalue weighted by Gasteiger charge is -2.59. The van der Waals surface area contributed by atoms with Crippen LogP contribution in [0.1, 0.15) is 208 Å². The highest BCUT2D eigenvalue weighted by Crippen LogP contribution is 2.64. The smallest absolute Gasteiger partial charge is 0.460 e. The van der Waals surface area contributed by atoms with Crippen LogP contribution in [0.2, 0.25) is 0 Å². The number of halogens is 11. The quantitative estimate of drug-likeness (QED) is 0.0121. The Morgan fingerprint density at radius 1 is 0.406 bits per heavy atom. The molecule has 128 heavy (non-hydrogen) atoms. The summed E-state index contributed by atoms with van der Waals surface area (Å²) < 4.78 is 222. The lowest BCUT2D eigenvalue weighted by molar-refractivity contribution is -0.382. The molecule has 6 aromatic rings. The standard InChI is InChI=1S/2C39H47O5S.C13H18F2O5S.C4HF9O3S/c2*1-6-37(5,35(41)44-39-23-28-20-29(24-39)22-38(42,21-28)26-39)25-36(3,4)34(40)43-30-14-18-33(19-15-30)45(31-10-8-7-9-11-31)32-16-12-27(2)13-17-32;14-13(15,21(17,18)19)7-20-11(16)12-4-8-1-9(5-12)3-10(2-8)6-12;5-1(6,3(9,10)11)2(7,8)4(12,13)17(14,15)16/h2*7-19,28-29,42H,6,20-26H2,1-5H3;8-10H,1-7H2,(H,17,18,19);(H,14,15,16)/q2*+1;;/p-2. The van der Waals surface area contributed by atoms with Gasteiger partial charge in [-0.25, -0.2) is 16.8 Å². The summed E-state index contributed by atoms with van der Waals surface area (Å²) in [6.45, 7) is 17.7. The van der Waals surface area contributed by atoms with E-state index in [1.54, 1.807) is 0 Å². The molecule has 0 spiro atoms. The first-order chi connectivity index (χ1) is 59.2. The Labute approximate surface area is 745 Å². The van der Waals surface area contributed by atoms with E-state index in [2.05, 4.69) is 116 Å². The number of hydrogen-bond acceptors (Lipinski definition) is 18. The predicted octanol–water partition coefficient (Wildman–Crippen LogP) is 20.8. The van der Waals surface area contributed by atoms with Crippen molar-refractivity contribution in [3.8, 4) is 11.5 Å². The van der Waals surface area contributed by atoms with E-state index in [-0.39, 0.29) is 45.7 Å². The summed E-state index contributed by atoms with van der Waals surface area (Å²) >= 11 is 0. The van der Waals surface area contributed by atoms with Crippen molar-refractivity contribution in [3.63, 3.8) is 0 Å². The third-order valence-electron chi connectivity index (χ3n) is 27.5. The maximum absolute atomic E-state index is 13.8. The van der Waals surface area contributed by atoms with Crippen molar-refractivity contribution in [1.82, 2.24) is 0 Å². The van der Waals surface area contributed by atoms with Crippen LogP contribution in [0.4, 0.5) is 48.3 Å². The van der Waals surface area contributed by atoms with E-state index >= 15 is 0 Å². The highest BCUT2D eigenvalue weighted by Gasteiger charge is 2.84. The second-order valence-corrected chi connectivity index (χ2v) is 46.5. The largest absolute Gasteiger partial charge is 0.743 e. The van der Waals surface area contributed by atoms with Gasteiger partial charge in [0.15, 0.2) is 56.2 Å². The van der Waals surface area contributed by atoms with Crippen molar-refractivity contribution < 1.29 is 132 Å². The SMILES string of the molecule is CCC(C)(CC(C)(C)C(=O)Oc1ccc([S+](c2ccccc2)c2ccc(C)cc2)cc1)C(=O)OC12CC3CC(CC(O)(C3)C1)C2.CCC(C)(CC(C)(C)C(=O)Oc1ccc([S+](c2ccccc2)c2ccc(C)cc2)cc1)C(=O)OC12CC3CC(CC(O)(C3)C1)C2.O=C(OCC(F)(F)S(=O)(=O)[O-])C12CC3CC(CC(C3)C1)C2.O=S(=O)([O-])C(F)(F)C(F)(F)C(F)(F)C(F)(F)F. The van der Waals surface area contributed by atoms with Crippen molar-refractivity contribution >= 4 is 71.9 Å². The van der Waals surface area contributed by atoms with Gasteiger partial charge in [-0.15, -0.1) is 0 Å². The molecule has 12 aliphatic rings. The molecule has 33 heteroatoms. The second kappa shape index (κ2) is 36.4. The molecule has 0 amide bonds. The average molecular weight is 1880 g/mol. The molecule has 12 saturated carbocycles. The third kappa shape index (κ3) is 21.3. The monoisotopic (exact) mass is 1880 g/mol. The molecule has 18 rings (SSSR count). The summed E-state index contributed by atoms with van der Waals surface area (Å²) in [5.41, 5.74) is -4.38. The molecule has 700 valence electrons. The summed E-state index contributed by atoms with van der Waals surface area (Å²) in [4.78, 5) is 74.3. The normalized spacial score (nSPS) is 27.7. The van der Waals surface area contributed by atoms with E-state index in [1.165, 1.54) is 30.7 Å². The summed E-state index contributed by atoms with van der Waals surface area (Å²) in [6.07, 6.45) is 9.70. The number of alkyl halides is 11. The highest BCUT2D eigenvalue weighted by molar-refractivity contribution is 7.97. The van der Waals surface area contributed by atoms with E-state index in [0.717, 1.165) is 93.3 Å². The van der Waals surface area contributed by atoms with E-state index in [0.29, 0.717) is 111 Å². The second-order valence-electron chi connectivity index (χ2n) is 39.5. The minimum Gasteiger partial charge on any atom is -0.743 e. The van der Waals surface area contributed by atoms with E-state index < -0.39 is 111 Å². The Hall–Kier alpha value is -7.66. The fourth-order valence-electron chi connectivity index (χ4n) is 22.2. The Kier molecular flexibility index (Phi) is 28.2. The molecule has 12 aliphatic carbocycles. The molecule has 0 saturated heterocycles. The van der Waals surface area contributed by atoms with Crippen molar-refractivity contribution in [3.05, 3.63) is 169 Å². The van der Waals surface area contributed by atoms with E-state index in [4.69, 9.17) is 18.9 Å². The van der Waals surface area contributed by atoms with Gasteiger partial charge in [-0.05, 0) is 322 Å². The van der Waals surface area contributed by atoms with Crippen molar-refractivity contribution in [2.45, 2.75) is 291 Å². The first kappa shape index (κ1) is 99.4. The molecule has 12 fully saturated rings. The van der Waals surface area contributed by atoms with Crippen molar-refractivity contribution in [1.29, 1.82) is 0 Å². The fraction of sp³-hybridized carbons (Fsp3) is 0.568. The van der Waals surface area contributed by atoms with Gasteiger partial charge in [-0.3, -0.25) is 24.0 Å². The Morgan fingerprint density at radius 2 is 0.703 bits per heavy atom. The number of carbonyl (C=O) groups is 5. The number of rotatable bonds is 27. The molecule has 0 aromatic heterocycles. The molecule has 12 bridgehead atoms. The van der Waals surface area contributed by atoms with E-state index in [1.807, 2.05) is 116 Å². The maximum Gasteiger partial charge on any atom is 0.460 e. The zero-order valence-electron chi connectivity index (χ0n) is 73.0. The van der Waals surface area contributed by atoms with Crippen LogP contribution in [0.15, 0.2) is 187 Å². The number of aliphatic hydroxyl groups is 2. The van der Waals surface area contributed by atoms with Gasteiger partial charge in [0.1, 0.15) is 22.7 Å². The molecule has 8 unspecified atom stereocenters. The van der Waals surface area contributed by atoms with Crippen LogP contribution in [0, 0.1) is 82.3 Å². The van der Waals surface area contributed by atoms with Gasteiger partial charge in [-0.1, -0.05) is 85.6 Å². The Balaban J connectivity index is 0.000000167. The topological polar surface area (TPSA) is 286 Å². The van der Waals surface area contributed by atoms with Gasteiger partial charge in [0.25, 0.3) is 0 Å². The van der Waals surface area contributed by atoms with Gasteiger partial charge in [-0.2, -0.15) is 48.3 Å². The highest BCUT2D eigenvalue weighted by atomic mass is 32.2. The molecule has 0 heterocycles. The lowest BCUT2D eigenvalue weighted by atomic mass is 9.49. The molecular formula is C95H111F11O18S4. The number of carbonyl (C=O) groups excluding carboxylic acids is 5. The van der Waals surface area contributed by atoms with Crippen molar-refractivity contribution in [2.24, 2.45) is 68.5 Å². The minimum absolute atomic E-state index is 0.259. The summed E-state index contributed by atoms with van der Waals surface area (Å²) in [7, 11) is -13.8. The molecule has 0 radical (unpaired) electrons. The van der Waals surface area contributed by atoms with Gasteiger partial charge in [0.2, 0.25) is 0 Å². The van der Waals surface area contributed by atoms with Crippen LogP contribution < -0.4 is 9.47 Å². The number of aryl methyl sites for hydroxylation is 2. The molecular weight excluding hydrogens is 1770 g/mol. The minimum atomic E-state index is -7.43. The Bertz CT molecular complexity index is 4940. The fourth-order valence-corrected chi connectivity index (χ4v) is 27.0. The summed E-state index contributed by atoms with van der Waals surface area (Å²) in [6, 6.07) is 53.8. The maximum atomic E-state index is 13.8. The third-order valence-corrected chi connectivity index (χ3v) is 33.7. The lowest BCUT2D eigenvalue weighted by Crippen LogP contribution is -2.63. The molecule has 6 aromatic carbocycles. The molecule has 18 nitrogen and oxygen atoms in total. The number of esters is 5. The van der Waals surface area contributed by atoms with Gasteiger partial charge in [0, 0.05) is 12.8 Å². The van der Waals surface area contributed by atoms with Crippen LogP contribution in [-0.4, -0.2) is 124 Å². The number of hydrogen-bond donors (Lipinski definition) is 2. The zero-order chi connectivity index (χ0) is 94.0. The number of benzene rings is 6. The van der Waals surface area contributed by atoms with Crippen LogP contribution in [-0.2, 0) is 80.2 Å². The van der Waals surface area contributed by atoms with Crippen LogP contribution in [0.25, 0.3) is 0 Å². The van der Waals surface area contributed by atoms with Gasteiger partial charge in [0.05, 0.1) is 60.1 Å². The van der Waals surface area contributed by atoms with Crippen molar-refractivity contribution in [2.75, 3.05) is 6.61 Å². The van der Waals surface area contributed by atoms with Gasteiger partial charge >= 0.3 is 58.4 Å². The zero-order valence-corrected chi connectivity index (χ0v) is 76.3. The van der Waals surface area contributed by atoms with E-state index in [9.17, 15) is 108 Å². The predicted molar refractivity (Wildman–Crippen MR) is 451 cm³/mol. The first-order valence-corrected chi connectivity index (χ1v) is 48.4. The van der Waals surface area contributed by atoms with Crippen LogP contribution >= 0.6 is 0 Å². The Morgan fingerprint density at radius 3 is 0.984 bits per heavy atom.